The summed E-state index contributed by atoms with van der Waals surface area (Å²) in [4.78, 5) is 17.8. The average molecular weight is 425 g/mol. The zero-order valence-corrected chi connectivity index (χ0v) is 17.3. The lowest BCUT2D eigenvalue weighted by Crippen LogP contribution is -2.27. The van der Waals surface area contributed by atoms with Gasteiger partial charge in [0.15, 0.2) is 17.3 Å². The van der Waals surface area contributed by atoms with Crippen molar-refractivity contribution in [2.24, 2.45) is 10.1 Å². The van der Waals surface area contributed by atoms with E-state index in [1.165, 1.54) is 5.01 Å². The summed E-state index contributed by atoms with van der Waals surface area (Å²) < 4.78 is 16.0. The van der Waals surface area contributed by atoms with Crippen molar-refractivity contribution in [1.29, 1.82) is 0 Å². The molecule has 0 spiro atoms. The predicted molar refractivity (Wildman–Crippen MR) is 121 cm³/mol. The standard InChI is InChI=1S/C25H19N3O4/c1-30-20-10-7-17(8-11-20)13-21-25(29)28(24(27-21)19-5-3-2-4-6-19)26-15-18-9-12-22-23(14-18)32-16-31-22/h2-15H,16H2,1H3/b21-13-,26-15-. The molecule has 0 saturated carbocycles. The Hall–Kier alpha value is -4.39. The highest BCUT2D eigenvalue weighted by atomic mass is 16.7. The summed E-state index contributed by atoms with van der Waals surface area (Å²) in [5.74, 6) is 2.24. The molecule has 0 unspecified atom stereocenters. The smallest absolute Gasteiger partial charge is 0.298 e. The molecule has 0 aliphatic carbocycles. The van der Waals surface area contributed by atoms with Crippen LogP contribution in [0, 0.1) is 0 Å². The van der Waals surface area contributed by atoms with Crippen LogP contribution in [-0.4, -0.2) is 36.9 Å². The second kappa shape index (κ2) is 8.39. The lowest BCUT2D eigenvalue weighted by atomic mass is 10.2. The molecule has 2 aliphatic heterocycles. The zero-order chi connectivity index (χ0) is 21.9. The molecule has 158 valence electrons. The minimum Gasteiger partial charge on any atom is -0.497 e. The monoisotopic (exact) mass is 425 g/mol. The topological polar surface area (TPSA) is 72.7 Å². The Kier molecular flexibility index (Phi) is 5.13. The molecule has 32 heavy (non-hydrogen) atoms. The number of rotatable bonds is 5. The van der Waals surface area contributed by atoms with E-state index in [-0.39, 0.29) is 12.7 Å². The highest BCUT2D eigenvalue weighted by Crippen LogP contribution is 2.32. The van der Waals surface area contributed by atoms with Gasteiger partial charge in [-0.15, -0.1) is 0 Å². The van der Waals surface area contributed by atoms with Crippen molar-refractivity contribution in [2.75, 3.05) is 13.9 Å². The van der Waals surface area contributed by atoms with Gasteiger partial charge >= 0.3 is 0 Å². The lowest BCUT2D eigenvalue weighted by molar-refractivity contribution is -0.122. The number of nitrogens with zero attached hydrogens (tertiary/aromatic N) is 3. The van der Waals surface area contributed by atoms with Crippen molar-refractivity contribution < 1.29 is 19.0 Å². The van der Waals surface area contributed by atoms with Gasteiger partial charge in [0.1, 0.15) is 11.4 Å². The molecule has 7 heteroatoms. The van der Waals surface area contributed by atoms with Crippen LogP contribution < -0.4 is 14.2 Å². The number of amides is 1. The number of amidine groups is 1. The van der Waals surface area contributed by atoms with E-state index < -0.39 is 0 Å². The van der Waals surface area contributed by atoms with Crippen LogP contribution in [-0.2, 0) is 4.79 Å². The Morgan fingerprint density at radius 2 is 1.72 bits per heavy atom. The molecule has 0 fully saturated rings. The highest BCUT2D eigenvalue weighted by molar-refractivity contribution is 6.19. The Morgan fingerprint density at radius 3 is 2.50 bits per heavy atom. The molecule has 0 saturated heterocycles. The van der Waals surface area contributed by atoms with Crippen LogP contribution in [0.3, 0.4) is 0 Å². The van der Waals surface area contributed by atoms with Crippen LogP contribution in [0.1, 0.15) is 16.7 Å². The number of methoxy groups -OCH3 is 1. The Balaban J connectivity index is 1.48. The van der Waals surface area contributed by atoms with Gasteiger partial charge in [0.05, 0.1) is 13.3 Å². The largest absolute Gasteiger partial charge is 0.497 e. The van der Waals surface area contributed by atoms with Crippen LogP contribution >= 0.6 is 0 Å². The van der Waals surface area contributed by atoms with Gasteiger partial charge in [-0.1, -0.05) is 42.5 Å². The van der Waals surface area contributed by atoms with Gasteiger partial charge < -0.3 is 14.2 Å². The van der Waals surface area contributed by atoms with Gasteiger partial charge in [0.25, 0.3) is 5.91 Å². The van der Waals surface area contributed by atoms with E-state index in [4.69, 9.17) is 14.2 Å². The maximum Gasteiger partial charge on any atom is 0.298 e. The first kappa shape index (κ1) is 19.6. The van der Waals surface area contributed by atoms with E-state index in [0.29, 0.717) is 23.0 Å². The molecule has 3 aromatic carbocycles. The lowest BCUT2D eigenvalue weighted by Gasteiger charge is -2.12. The van der Waals surface area contributed by atoms with E-state index in [9.17, 15) is 4.79 Å². The molecule has 5 rings (SSSR count). The molecular formula is C25H19N3O4. The molecule has 0 radical (unpaired) electrons. The average Bonchev–Trinajstić information content (AvgIpc) is 3.43. The van der Waals surface area contributed by atoms with Gasteiger partial charge in [-0.3, -0.25) is 4.79 Å². The molecule has 7 nitrogen and oxygen atoms in total. The van der Waals surface area contributed by atoms with Crippen LogP contribution in [0.4, 0.5) is 0 Å². The quantitative estimate of drug-likeness (QED) is 0.456. The molecule has 0 aromatic heterocycles. The van der Waals surface area contributed by atoms with Crippen LogP contribution in [0.25, 0.3) is 6.08 Å². The first-order chi connectivity index (χ1) is 15.7. The Morgan fingerprint density at radius 1 is 0.969 bits per heavy atom. The fourth-order valence-corrected chi connectivity index (χ4v) is 3.36. The second-order valence-corrected chi connectivity index (χ2v) is 7.08. The number of aliphatic imine (C=N–C) groups is 1. The molecule has 0 atom stereocenters. The minimum absolute atomic E-state index is 0.199. The summed E-state index contributed by atoms with van der Waals surface area (Å²) in [6.07, 6.45) is 3.34. The van der Waals surface area contributed by atoms with E-state index in [0.717, 1.165) is 22.4 Å². The van der Waals surface area contributed by atoms with Crippen molar-refractivity contribution in [2.45, 2.75) is 0 Å². The van der Waals surface area contributed by atoms with Gasteiger partial charge in [-0.25, -0.2) is 4.99 Å². The first-order valence-corrected chi connectivity index (χ1v) is 9.99. The minimum atomic E-state index is -0.309. The summed E-state index contributed by atoms with van der Waals surface area (Å²) >= 11 is 0. The number of benzene rings is 3. The third-order valence-electron chi connectivity index (χ3n) is 5.01. The maximum atomic E-state index is 13.2. The van der Waals surface area contributed by atoms with Gasteiger partial charge in [0.2, 0.25) is 6.79 Å². The summed E-state index contributed by atoms with van der Waals surface area (Å²) in [5.41, 5.74) is 2.72. The fourth-order valence-electron chi connectivity index (χ4n) is 3.36. The number of carbonyl (C=O) groups excluding carboxylic acids is 1. The number of ether oxygens (including phenoxy) is 3. The molecule has 0 N–H and O–H groups in total. The number of hydrazone groups is 1. The third kappa shape index (κ3) is 3.83. The third-order valence-corrected chi connectivity index (χ3v) is 5.01. The van der Waals surface area contributed by atoms with Crippen LogP contribution in [0.15, 0.2) is 88.6 Å². The summed E-state index contributed by atoms with van der Waals surface area (Å²) in [6.45, 7) is 0.199. The number of hydrogen-bond donors (Lipinski definition) is 0. The Labute approximate surface area is 184 Å². The van der Waals surface area contributed by atoms with E-state index in [1.54, 1.807) is 19.4 Å². The van der Waals surface area contributed by atoms with Crippen molar-refractivity contribution >= 4 is 24.0 Å². The van der Waals surface area contributed by atoms with Crippen LogP contribution in [0.5, 0.6) is 17.2 Å². The second-order valence-electron chi connectivity index (χ2n) is 7.08. The molecule has 1 amide bonds. The molecule has 0 bridgehead atoms. The summed E-state index contributed by atoms with van der Waals surface area (Å²) in [7, 11) is 1.61. The first-order valence-electron chi connectivity index (χ1n) is 9.99. The summed E-state index contributed by atoms with van der Waals surface area (Å²) in [6, 6.07) is 22.4. The fraction of sp³-hybridized carbons (Fsp3) is 0.0800. The van der Waals surface area contributed by atoms with Gasteiger partial charge in [-0.05, 0) is 47.5 Å². The van der Waals surface area contributed by atoms with Crippen molar-refractivity contribution in [1.82, 2.24) is 5.01 Å². The van der Waals surface area contributed by atoms with E-state index >= 15 is 0 Å². The SMILES string of the molecule is COc1ccc(/C=C2\N=C(c3ccccc3)N(/N=C\c3ccc4c(c3)OCO4)C2=O)cc1. The predicted octanol–water partition coefficient (Wildman–Crippen LogP) is 4.09. The van der Waals surface area contributed by atoms with Crippen molar-refractivity contribution in [3.05, 3.63) is 95.2 Å². The van der Waals surface area contributed by atoms with Crippen molar-refractivity contribution in [3.8, 4) is 17.2 Å². The molecule has 2 aliphatic rings. The van der Waals surface area contributed by atoms with Crippen molar-refractivity contribution in [3.63, 3.8) is 0 Å². The number of carbonyl (C=O) groups is 1. The maximum absolute atomic E-state index is 13.2. The van der Waals surface area contributed by atoms with Crippen LogP contribution in [0.2, 0.25) is 0 Å². The Bertz CT molecular complexity index is 1250. The van der Waals surface area contributed by atoms with E-state index in [2.05, 4.69) is 10.1 Å². The normalized spacial score (nSPS) is 16.2. The zero-order valence-electron chi connectivity index (χ0n) is 17.3. The molecular weight excluding hydrogens is 406 g/mol. The number of hydrogen-bond acceptors (Lipinski definition) is 6. The number of fused-ring (bicyclic) bond motifs is 1. The van der Waals surface area contributed by atoms with Gasteiger partial charge in [-0.2, -0.15) is 10.1 Å². The van der Waals surface area contributed by atoms with Gasteiger partial charge in [0, 0.05) is 5.56 Å². The summed E-state index contributed by atoms with van der Waals surface area (Å²) in [5, 5.41) is 5.76. The molecule has 2 heterocycles. The highest BCUT2D eigenvalue weighted by Gasteiger charge is 2.31. The molecule has 3 aromatic rings. The van der Waals surface area contributed by atoms with E-state index in [1.807, 2.05) is 72.8 Å².